The molecule has 1 aromatic heterocycles. The van der Waals surface area contributed by atoms with E-state index in [2.05, 4.69) is 4.90 Å². The largest absolute Gasteiger partial charge is 0.494 e. The summed E-state index contributed by atoms with van der Waals surface area (Å²) < 4.78 is 35.9. The van der Waals surface area contributed by atoms with Crippen LogP contribution in [0.3, 0.4) is 0 Å². The lowest BCUT2D eigenvalue weighted by molar-refractivity contribution is -0.117. The third-order valence-corrected chi connectivity index (χ3v) is 7.14. The van der Waals surface area contributed by atoms with Crippen molar-refractivity contribution in [2.75, 3.05) is 45.7 Å². The predicted octanol–water partition coefficient (Wildman–Crippen LogP) is 0.905. The number of hydrogen-bond donors (Lipinski definition) is 1. The van der Waals surface area contributed by atoms with Crippen molar-refractivity contribution in [1.29, 1.82) is 0 Å². The molecule has 1 aliphatic heterocycles. The van der Waals surface area contributed by atoms with Crippen LogP contribution in [0.4, 0.5) is 0 Å². The Kier molecular flexibility index (Phi) is 8.65. The van der Waals surface area contributed by atoms with E-state index in [0.29, 0.717) is 6.61 Å². The van der Waals surface area contributed by atoms with Crippen molar-refractivity contribution in [2.24, 2.45) is 5.73 Å². The van der Waals surface area contributed by atoms with Gasteiger partial charge in [-0.3, -0.25) is 14.5 Å². The molecule has 0 bridgehead atoms. The third kappa shape index (κ3) is 7.41. The molecule has 1 fully saturated rings. The van der Waals surface area contributed by atoms with Crippen LogP contribution in [0.25, 0.3) is 11.1 Å². The molecular formula is C23H31N3O6S. The molecule has 2 N–H and O–H groups in total. The number of ether oxygens (including phenoxy) is 2. The number of amides is 1. The Hall–Kier alpha value is -2.69. The van der Waals surface area contributed by atoms with Gasteiger partial charge in [-0.15, -0.1) is 0 Å². The van der Waals surface area contributed by atoms with Crippen LogP contribution in [0, 0.1) is 0 Å². The number of carbonyl (C=O) groups excluding carboxylic acids is 1. The van der Waals surface area contributed by atoms with Gasteiger partial charge in [0.2, 0.25) is 5.91 Å². The van der Waals surface area contributed by atoms with E-state index >= 15 is 0 Å². The summed E-state index contributed by atoms with van der Waals surface area (Å²) in [7, 11) is -3.63. The third-order valence-electron chi connectivity index (χ3n) is 5.64. The molecular weight excluding hydrogens is 446 g/mol. The molecule has 1 amide bonds. The summed E-state index contributed by atoms with van der Waals surface area (Å²) >= 11 is 0. The van der Waals surface area contributed by atoms with E-state index in [4.69, 9.17) is 15.2 Å². The fourth-order valence-corrected chi connectivity index (χ4v) is 4.70. The minimum absolute atomic E-state index is 0.0506. The molecule has 0 radical (unpaired) electrons. The number of hydrogen-bond acceptors (Lipinski definition) is 7. The monoisotopic (exact) mass is 477 g/mol. The number of pyridine rings is 1. The second-order valence-electron chi connectivity index (χ2n) is 8.14. The van der Waals surface area contributed by atoms with E-state index in [1.807, 2.05) is 24.3 Å². The molecule has 1 aliphatic rings. The zero-order valence-electron chi connectivity index (χ0n) is 18.8. The fourth-order valence-electron chi connectivity index (χ4n) is 3.74. The van der Waals surface area contributed by atoms with E-state index in [9.17, 15) is 18.0 Å². The Morgan fingerprint density at radius 3 is 2.42 bits per heavy atom. The summed E-state index contributed by atoms with van der Waals surface area (Å²) in [4.78, 5) is 26.3. The average Bonchev–Trinajstić information content (AvgIpc) is 2.78. The van der Waals surface area contributed by atoms with E-state index in [0.717, 1.165) is 62.4 Å². The van der Waals surface area contributed by atoms with Crippen molar-refractivity contribution in [3.63, 3.8) is 0 Å². The lowest BCUT2D eigenvalue weighted by Gasteiger charge is -2.26. The maximum atomic E-state index is 12.5. The van der Waals surface area contributed by atoms with Crippen LogP contribution < -0.4 is 16.0 Å². The Bertz CT molecular complexity index is 1090. The average molecular weight is 478 g/mol. The standard InChI is InChI=1S/C23H31N3O6S/c1-33(29,30)21(23(24)28)8-11-26-10-7-19(17-22(26)27)18-3-5-20(6-4-18)32-14-2-9-25-12-15-31-16-13-25/h3-7,10,17,21H,2,8-9,11-16H2,1H3,(H2,24,28). The van der Waals surface area contributed by atoms with Gasteiger partial charge in [0.15, 0.2) is 9.84 Å². The van der Waals surface area contributed by atoms with Gasteiger partial charge in [-0.05, 0) is 42.2 Å². The Morgan fingerprint density at radius 2 is 1.82 bits per heavy atom. The highest BCUT2D eigenvalue weighted by Crippen LogP contribution is 2.21. The van der Waals surface area contributed by atoms with Crippen LogP contribution in [-0.4, -0.2) is 74.8 Å². The number of nitrogens with two attached hydrogens (primary N) is 1. The molecule has 0 aliphatic carbocycles. The van der Waals surface area contributed by atoms with Gasteiger partial charge in [-0.2, -0.15) is 0 Å². The highest BCUT2D eigenvalue weighted by Gasteiger charge is 2.26. The van der Waals surface area contributed by atoms with Crippen molar-refractivity contribution in [3.8, 4) is 16.9 Å². The Morgan fingerprint density at radius 1 is 1.12 bits per heavy atom. The second kappa shape index (κ2) is 11.4. The normalized spacial score (nSPS) is 15.8. The topological polar surface area (TPSA) is 121 Å². The molecule has 2 heterocycles. The summed E-state index contributed by atoms with van der Waals surface area (Å²) in [6.45, 7) is 5.22. The number of aryl methyl sites for hydroxylation is 1. The number of carbonyl (C=O) groups is 1. The number of benzene rings is 1. The van der Waals surface area contributed by atoms with E-state index in [1.165, 1.54) is 10.6 Å². The molecule has 0 saturated carbocycles. The van der Waals surface area contributed by atoms with Crippen molar-refractivity contribution < 1.29 is 22.7 Å². The van der Waals surface area contributed by atoms with Crippen LogP contribution >= 0.6 is 0 Å². The molecule has 1 unspecified atom stereocenters. The SMILES string of the molecule is CS(=O)(=O)C(CCn1ccc(-c2ccc(OCCCN3CCOCC3)cc2)cc1=O)C(N)=O. The lowest BCUT2D eigenvalue weighted by atomic mass is 10.1. The molecule has 9 nitrogen and oxygen atoms in total. The number of sulfone groups is 1. The summed E-state index contributed by atoms with van der Waals surface area (Å²) in [5, 5.41) is -1.31. The van der Waals surface area contributed by atoms with Gasteiger partial charge in [0, 0.05) is 44.7 Å². The van der Waals surface area contributed by atoms with Crippen LogP contribution in [-0.2, 0) is 25.9 Å². The number of morpholine rings is 1. The summed E-state index contributed by atoms with van der Waals surface area (Å²) in [5.41, 5.74) is 6.51. The van der Waals surface area contributed by atoms with Gasteiger partial charge in [0.1, 0.15) is 11.0 Å². The van der Waals surface area contributed by atoms with Gasteiger partial charge in [0.25, 0.3) is 5.56 Å². The number of rotatable bonds is 11. The molecule has 1 atom stereocenters. The minimum atomic E-state index is -3.63. The van der Waals surface area contributed by atoms with Crippen LogP contribution in [0.5, 0.6) is 5.75 Å². The maximum absolute atomic E-state index is 12.5. The van der Waals surface area contributed by atoms with E-state index < -0.39 is 21.0 Å². The first-order valence-corrected chi connectivity index (χ1v) is 12.9. The van der Waals surface area contributed by atoms with E-state index in [-0.39, 0.29) is 18.5 Å². The van der Waals surface area contributed by atoms with E-state index in [1.54, 1.807) is 12.3 Å². The summed E-state index contributed by atoms with van der Waals surface area (Å²) in [6, 6.07) is 10.8. The summed E-state index contributed by atoms with van der Waals surface area (Å²) in [5.74, 6) is -0.141. The maximum Gasteiger partial charge on any atom is 0.251 e. The number of nitrogens with zero attached hydrogens (tertiary/aromatic N) is 2. The smallest absolute Gasteiger partial charge is 0.251 e. The van der Waals surface area contributed by atoms with Gasteiger partial charge in [0.05, 0.1) is 19.8 Å². The van der Waals surface area contributed by atoms with Gasteiger partial charge in [-0.25, -0.2) is 8.42 Å². The quantitative estimate of drug-likeness (QED) is 0.478. The Labute approximate surface area is 194 Å². The molecule has 33 heavy (non-hydrogen) atoms. The number of aromatic nitrogens is 1. The van der Waals surface area contributed by atoms with Crippen molar-refractivity contribution in [2.45, 2.75) is 24.6 Å². The molecule has 2 aromatic rings. The van der Waals surface area contributed by atoms with Crippen molar-refractivity contribution in [1.82, 2.24) is 9.47 Å². The van der Waals surface area contributed by atoms with Gasteiger partial charge < -0.3 is 19.8 Å². The zero-order valence-corrected chi connectivity index (χ0v) is 19.6. The van der Waals surface area contributed by atoms with Crippen LogP contribution in [0.15, 0.2) is 47.4 Å². The van der Waals surface area contributed by atoms with Crippen molar-refractivity contribution in [3.05, 3.63) is 52.9 Å². The zero-order chi connectivity index (χ0) is 23.8. The highest BCUT2D eigenvalue weighted by atomic mass is 32.2. The van der Waals surface area contributed by atoms with Crippen LogP contribution in [0.2, 0.25) is 0 Å². The molecule has 10 heteroatoms. The lowest BCUT2D eigenvalue weighted by Crippen LogP contribution is -2.37. The second-order valence-corrected chi connectivity index (χ2v) is 10.4. The van der Waals surface area contributed by atoms with Gasteiger partial charge in [-0.1, -0.05) is 12.1 Å². The molecule has 0 spiro atoms. The molecule has 1 saturated heterocycles. The Balaban J connectivity index is 1.53. The first kappa shape index (κ1) is 24.9. The fraction of sp³-hybridized carbons (Fsp3) is 0.478. The first-order chi connectivity index (χ1) is 15.7. The molecule has 1 aromatic carbocycles. The van der Waals surface area contributed by atoms with Crippen LogP contribution in [0.1, 0.15) is 12.8 Å². The molecule has 3 rings (SSSR count). The minimum Gasteiger partial charge on any atom is -0.494 e. The van der Waals surface area contributed by atoms with Gasteiger partial charge >= 0.3 is 0 Å². The highest BCUT2D eigenvalue weighted by molar-refractivity contribution is 7.92. The number of primary amides is 1. The van der Waals surface area contributed by atoms with Crippen molar-refractivity contribution >= 4 is 15.7 Å². The summed E-state index contributed by atoms with van der Waals surface area (Å²) in [6.07, 6.45) is 3.45. The first-order valence-electron chi connectivity index (χ1n) is 11.0. The predicted molar refractivity (Wildman–Crippen MR) is 126 cm³/mol. The molecule has 180 valence electrons.